The number of aryl methyl sites for hydroxylation is 1. The first-order valence-corrected chi connectivity index (χ1v) is 12.5. The quantitative estimate of drug-likeness (QED) is 0.294. The van der Waals surface area contributed by atoms with E-state index in [0.29, 0.717) is 30.1 Å². The first-order chi connectivity index (χ1) is 16.3. The van der Waals surface area contributed by atoms with E-state index in [1.54, 1.807) is 17.9 Å². The Morgan fingerprint density at radius 1 is 1.18 bits per heavy atom. The second-order valence-electron chi connectivity index (χ2n) is 9.16. The number of rotatable bonds is 10. The number of aliphatic hydroxyl groups is 1. The molecular weight excluding hydrogens is 456 g/mol. The number of carbonyl (C=O) groups excluding carboxylic acids is 3. The summed E-state index contributed by atoms with van der Waals surface area (Å²) in [6.07, 6.45) is 6.94. The molecule has 7 nitrogen and oxygen atoms in total. The van der Waals surface area contributed by atoms with Crippen LogP contribution in [-0.2, 0) is 19.1 Å². The third kappa shape index (κ3) is 5.47. The van der Waals surface area contributed by atoms with Gasteiger partial charge in [-0.1, -0.05) is 55.7 Å². The summed E-state index contributed by atoms with van der Waals surface area (Å²) < 4.78 is 5.31. The van der Waals surface area contributed by atoms with Crippen LogP contribution in [0.25, 0.3) is 0 Å². The Balaban J connectivity index is 1.91. The van der Waals surface area contributed by atoms with E-state index in [2.05, 4.69) is 5.32 Å². The number of hydrogen-bond acceptors (Lipinski definition) is 5. The third-order valence-corrected chi connectivity index (χ3v) is 7.19. The molecule has 1 aromatic rings. The minimum absolute atomic E-state index is 0.138. The van der Waals surface area contributed by atoms with Gasteiger partial charge in [-0.2, -0.15) is 0 Å². The van der Waals surface area contributed by atoms with Crippen molar-refractivity contribution in [1.29, 1.82) is 0 Å². The van der Waals surface area contributed by atoms with Crippen LogP contribution in [0.1, 0.15) is 45.1 Å². The van der Waals surface area contributed by atoms with Crippen molar-refractivity contribution in [1.82, 2.24) is 4.90 Å². The number of carbonyl (C=O) groups is 3. The molecule has 1 heterocycles. The van der Waals surface area contributed by atoms with E-state index in [4.69, 9.17) is 21.4 Å². The average Bonchev–Trinajstić information content (AvgIpc) is 3.08. The van der Waals surface area contributed by atoms with E-state index in [0.717, 1.165) is 18.4 Å². The van der Waals surface area contributed by atoms with Gasteiger partial charge in [0.25, 0.3) is 0 Å². The lowest BCUT2D eigenvalue weighted by atomic mass is 9.70. The minimum atomic E-state index is -0.744. The molecule has 1 aliphatic heterocycles. The van der Waals surface area contributed by atoms with Crippen molar-refractivity contribution < 1.29 is 24.2 Å². The zero-order chi connectivity index (χ0) is 24.8. The number of anilines is 1. The van der Waals surface area contributed by atoms with Crippen LogP contribution in [0.5, 0.6) is 0 Å². The van der Waals surface area contributed by atoms with Crippen LogP contribution in [0.3, 0.4) is 0 Å². The van der Waals surface area contributed by atoms with Gasteiger partial charge in [0.1, 0.15) is 6.04 Å². The van der Waals surface area contributed by atoms with Crippen LogP contribution in [-0.4, -0.2) is 53.6 Å². The molecule has 1 fully saturated rings. The lowest BCUT2D eigenvalue weighted by molar-refractivity contribution is -0.155. The maximum Gasteiger partial charge on any atom is 0.310 e. The second-order valence-corrected chi connectivity index (χ2v) is 9.57. The SMILES string of the molecule is CCOC(=O)[C@H]1[C@@H]2C(=O)N(CCCCCCO)[C@H](C(=O)Nc3c(C)cccc3Cl)[C@H]2C=C[C@H]1C. The molecule has 1 aromatic carbocycles. The summed E-state index contributed by atoms with van der Waals surface area (Å²) in [5.74, 6) is -2.75. The van der Waals surface area contributed by atoms with Gasteiger partial charge in [-0.15, -0.1) is 0 Å². The van der Waals surface area contributed by atoms with Crippen molar-refractivity contribution in [3.05, 3.63) is 40.9 Å². The number of para-hydroxylation sites is 1. The van der Waals surface area contributed by atoms with Crippen molar-refractivity contribution in [3.8, 4) is 0 Å². The van der Waals surface area contributed by atoms with E-state index in [-0.39, 0.29) is 30.9 Å². The number of fused-ring (bicyclic) bond motifs is 1. The van der Waals surface area contributed by atoms with Gasteiger partial charge in [-0.05, 0) is 44.2 Å². The average molecular weight is 491 g/mol. The molecule has 2 N–H and O–H groups in total. The van der Waals surface area contributed by atoms with Crippen molar-refractivity contribution >= 4 is 35.1 Å². The van der Waals surface area contributed by atoms with Crippen LogP contribution in [0.4, 0.5) is 5.69 Å². The first kappa shape index (κ1) is 26.2. The summed E-state index contributed by atoms with van der Waals surface area (Å²) in [6, 6.07) is 4.65. The van der Waals surface area contributed by atoms with Crippen LogP contribution in [0.15, 0.2) is 30.4 Å². The normalized spacial score (nSPS) is 25.9. The Morgan fingerprint density at radius 2 is 1.91 bits per heavy atom. The number of aliphatic hydroxyl groups excluding tert-OH is 1. The number of likely N-dealkylation sites (tertiary alicyclic amines) is 1. The third-order valence-electron chi connectivity index (χ3n) is 6.88. The number of unbranched alkanes of at least 4 members (excludes halogenated alkanes) is 3. The highest BCUT2D eigenvalue weighted by molar-refractivity contribution is 6.34. The Kier molecular flexibility index (Phi) is 9.14. The number of amides is 2. The van der Waals surface area contributed by atoms with Gasteiger partial charge in [-0.25, -0.2) is 0 Å². The summed E-state index contributed by atoms with van der Waals surface area (Å²) in [6.45, 7) is 6.30. The molecule has 186 valence electrons. The van der Waals surface area contributed by atoms with Crippen molar-refractivity contribution in [2.24, 2.45) is 23.7 Å². The van der Waals surface area contributed by atoms with Gasteiger partial charge in [0, 0.05) is 19.1 Å². The van der Waals surface area contributed by atoms with E-state index in [1.165, 1.54) is 0 Å². The largest absolute Gasteiger partial charge is 0.466 e. The van der Waals surface area contributed by atoms with Crippen molar-refractivity contribution in [2.75, 3.05) is 25.1 Å². The lowest BCUT2D eigenvalue weighted by Gasteiger charge is -2.32. The molecule has 0 radical (unpaired) electrons. The van der Waals surface area contributed by atoms with Gasteiger partial charge in [0.15, 0.2) is 0 Å². The monoisotopic (exact) mass is 490 g/mol. The molecule has 2 amide bonds. The Labute approximate surface area is 206 Å². The number of hydrogen-bond donors (Lipinski definition) is 2. The summed E-state index contributed by atoms with van der Waals surface area (Å²) >= 11 is 6.34. The van der Waals surface area contributed by atoms with Crippen molar-refractivity contribution in [3.63, 3.8) is 0 Å². The summed E-state index contributed by atoms with van der Waals surface area (Å²) in [4.78, 5) is 41.7. The standard InChI is InChI=1S/C26H35ClN2O5/c1-4-34-26(33)20-16(2)12-13-18-21(20)25(32)29(14-7-5-6-8-15-30)23(18)24(31)28-22-17(3)10-9-11-19(22)27/h9-13,16,18,20-21,23,30H,4-8,14-15H2,1-3H3,(H,28,31)/t16-,18+,20-,21-,23+/m1/s1. The molecular formula is C26H35ClN2O5. The van der Waals surface area contributed by atoms with Gasteiger partial charge in [0.05, 0.1) is 29.2 Å². The second kappa shape index (κ2) is 11.8. The molecule has 0 saturated carbocycles. The topological polar surface area (TPSA) is 95.9 Å². The highest BCUT2D eigenvalue weighted by atomic mass is 35.5. The predicted octanol–water partition coefficient (Wildman–Crippen LogP) is 3.97. The van der Waals surface area contributed by atoms with E-state index in [9.17, 15) is 14.4 Å². The Morgan fingerprint density at radius 3 is 2.59 bits per heavy atom. The van der Waals surface area contributed by atoms with Gasteiger partial charge < -0.3 is 20.1 Å². The molecule has 1 saturated heterocycles. The zero-order valence-corrected chi connectivity index (χ0v) is 20.9. The van der Waals surface area contributed by atoms with E-state index >= 15 is 0 Å². The molecule has 2 aliphatic rings. The number of nitrogens with one attached hydrogen (secondary N) is 1. The van der Waals surface area contributed by atoms with E-state index in [1.807, 2.05) is 38.1 Å². The number of allylic oxidation sites excluding steroid dienone is 1. The Hall–Kier alpha value is -2.38. The molecule has 34 heavy (non-hydrogen) atoms. The van der Waals surface area contributed by atoms with Crippen LogP contribution < -0.4 is 5.32 Å². The first-order valence-electron chi connectivity index (χ1n) is 12.1. The molecule has 1 aliphatic carbocycles. The molecule has 0 unspecified atom stereocenters. The smallest absolute Gasteiger partial charge is 0.310 e. The fourth-order valence-corrected chi connectivity index (χ4v) is 5.43. The van der Waals surface area contributed by atoms with Gasteiger partial charge in [0.2, 0.25) is 11.8 Å². The fraction of sp³-hybridized carbons (Fsp3) is 0.577. The molecule has 0 spiro atoms. The summed E-state index contributed by atoms with van der Waals surface area (Å²) in [7, 11) is 0. The molecule has 0 bridgehead atoms. The number of halogens is 1. The highest BCUT2D eigenvalue weighted by Crippen LogP contribution is 2.44. The van der Waals surface area contributed by atoms with Crippen LogP contribution >= 0.6 is 11.6 Å². The zero-order valence-electron chi connectivity index (χ0n) is 20.1. The molecule has 5 atom stereocenters. The minimum Gasteiger partial charge on any atom is -0.466 e. The van der Waals surface area contributed by atoms with Gasteiger partial charge >= 0.3 is 5.97 Å². The summed E-state index contributed by atoms with van der Waals surface area (Å²) in [5.41, 5.74) is 1.36. The number of esters is 1. The highest BCUT2D eigenvalue weighted by Gasteiger charge is 2.56. The van der Waals surface area contributed by atoms with Gasteiger partial charge in [-0.3, -0.25) is 14.4 Å². The maximum atomic E-state index is 13.7. The van der Waals surface area contributed by atoms with E-state index < -0.39 is 29.8 Å². The summed E-state index contributed by atoms with van der Waals surface area (Å²) in [5, 5.41) is 12.4. The fourth-order valence-electron chi connectivity index (χ4n) is 5.17. The van der Waals surface area contributed by atoms with Crippen molar-refractivity contribution in [2.45, 2.75) is 52.5 Å². The lowest BCUT2D eigenvalue weighted by Crippen LogP contribution is -2.44. The molecule has 8 heteroatoms. The predicted molar refractivity (Wildman–Crippen MR) is 131 cm³/mol. The van der Waals surface area contributed by atoms with Crippen LogP contribution in [0.2, 0.25) is 5.02 Å². The number of ether oxygens (including phenoxy) is 1. The number of nitrogens with zero attached hydrogens (tertiary/aromatic N) is 1. The number of benzene rings is 1. The Bertz CT molecular complexity index is 914. The molecule has 0 aromatic heterocycles. The maximum absolute atomic E-state index is 13.7. The molecule has 3 rings (SSSR count). The van der Waals surface area contributed by atoms with Crippen LogP contribution in [0, 0.1) is 30.6 Å².